The van der Waals surface area contributed by atoms with Crippen LogP contribution < -0.4 is 4.89 Å². The number of rotatable bonds is 67. The van der Waals surface area contributed by atoms with E-state index in [4.69, 9.17) is 18.5 Å². The molecule has 0 spiro atoms. The molecule has 0 rings (SSSR count). The van der Waals surface area contributed by atoms with Gasteiger partial charge in [-0.3, -0.25) is 14.2 Å². The number of carbonyl (C=O) groups excluding carboxylic acids is 2. The molecular weight excluding hydrogens is 1160 g/mol. The minimum absolute atomic E-state index is 0.0412. The molecule has 0 amide bonds. The highest BCUT2D eigenvalue weighted by Crippen LogP contribution is 2.38. The Morgan fingerprint density at radius 2 is 0.620 bits per heavy atom. The largest absolute Gasteiger partial charge is 0.756 e. The highest BCUT2D eigenvalue weighted by Gasteiger charge is 2.22. The second-order valence-corrected chi connectivity index (χ2v) is 27.0. The number of phosphoric ester groups is 1. The molecule has 0 aromatic carbocycles. The van der Waals surface area contributed by atoms with Gasteiger partial charge in [-0.1, -0.05) is 313 Å². The molecule has 2 unspecified atom stereocenters. The van der Waals surface area contributed by atoms with Crippen LogP contribution in [0.25, 0.3) is 0 Å². The van der Waals surface area contributed by atoms with Gasteiger partial charge >= 0.3 is 11.9 Å². The maximum absolute atomic E-state index is 12.9. The summed E-state index contributed by atoms with van der Waals surface area (Å²) in [6, 6.07) is 0. The van der Waals surface area contributed by atoms with Crippen LogP contribution in [0, 0.1) is 0 Å². The van der Waals surface area contributed by atoms with Crippen molar-refractivity contribution in [2.24, 2.45) is 0 Å². The molecule has 9 nitrogen and oxygen atoms in total. The van der Waals surface area contributed by atoms with Crippen molar-refractivity contribution in [1.82, 2.24) is 0 Å². The highest BCUT2D eigenvalue weighted by molar-refractivity contribution is 7.45. The molecule has 524 valence electrons. The molecule has 0 fully saturated rings. The number of phosphoric acid groups is 1. The Bertz CT molecular complexity index is 2110. The van der Waals surface area contributed by atoms with Crippen molar-refractivity contribution in [2.45, 2.75) is 302 Å². The number of ether oxygens (including phenoxy) is 2. The van der Waals surface area contributed by atoms with E-state index in [1.807, 2.05) is 21.1 Å². The molecule has 0 N–H and O–H groups in total. The Kier molecular flexibility index (Phi) is 67.6. The smallest absolute Gasteiger partial charge is 0.306 e. The number of nitrogens with zero attached hydrogens (tertiary/aromatic N) is 1. The lowest BCUT2D eigenvalue weighted by atomic mass is 10.0. The second-order valence-electron chi connectivity index (χ2n) is 25.6. The van der Waals surface area contributed by atoms with Crippen molar-refractivity contribution < 1.29 is 42.1 Å². The highest BCUT2D eigenvalue weighted by atomic mass is 31.2. The number of hydrogen-bond acceptors (Lipinski definition) is 8. The lowest BCUT2D eigenvalue weighted by molar-refractivity contribution is -0.870. The summed E-state index contributed by atoms with van der Waals surface area (Å²) >= 11 is 0. The number of unbranched alkanes of at least 4 members (excludes halogenated alkanes) is 27. The molecule has 0 saturated heterocycles. The van der Waals surface area contributed by atoms with Crippen LogP contribution in [0.5, 0.6) is 0 Å². The van der Waals surface area contributed by atoms with E-state index >= 15 is 0 Å². The third kappa shape index (κ3) is 74.7. The average Bonchev–Trinajstić information content (AvgIpc) is 2.34. The second kappa shape index (κ2) is 70.9. The van der Waals surface area contributed by atoms with Gasteiger partial charge in [0.05, 0.1) is 27.7 Å². The van der Waals surface area contributed by atoms with Gasteiger partial charge in [-0.25, -0.2) is 0 Å². The van der Waals surface area contributed by atoms with Gasteiger partial charge in [-0.2, -0.15) is 0 Å². The summed E-state index contributed by atoms with van der Waals surface area (Å²) in [5, 5.41) is 0. The standard InChI is InChI=1S/C82H138NO8P/c1-6-8-10-12-14-16-18-20-22-24-26-28-30-32-34-36-38-39-40-41-42-43-45-47-49-51-53-55-57-59-61-63-65-67-69-71-73-75-82(85)91-80(79-90-92(86,87)89-77-76-83(3,4)5)78-88-81(84)74-72-70-68-66-64-62-60-58-56-54-52-50-48-46-44-37-35-33-31-29-27-25-23-21-19-17-15-13-11-9-7-2/h8,10,14,16,19-22,25-28,31-34,38-39,41-42,45,47,51,53,57,59,80H,6-7,9,11-13,15,17-18,23-24,29-30,35-37,40,43-44,46,48-50,52,54-56,58,60-79H2,1-5H3/b10-8-,16-14-,21-19-,22-20-,27-25-,28-26-,33-31-,34-32-,39-38-,42-41-,47-45-,53-51-,59-57-. The molecular formula is C82H138NO8P. The molecule has 0 aromatic heterocycles. The van der Waals surface area contributed by atoms with E-state index in [1.54, 1.807) is 0 Å². The maximum Gasteiger partial charge on any atom is 0.306 e. The van der Waals surface area contributed by atoms with Crippen LogP contribution >= 0.6 is 7.82 Å². The Hall–Kier alpha value is -4.37. The Labute approximate surface area is 566 Å². The zero-order valence-electron chi connectivity index (χ0n) is 59.7. The van der Waals surface area contributed by atoms with E-state index < -0.39 is 26.5 Å². The molecule has 0 saturated carbocycles. The van der Waals surface area contributed by atoms with Crippen molar-refractivity contribution in [3.63, 3.8) is 0 Å². The third-order valence-electron chi connectivity index (χ3n) is 15.5. The SMILES string of the molecule is CC/C=C\C/C=C\C/C=C\C/C=C\C/C=C\C/C=C\C/C=C\C/C=C\C/C=C\C/C=C\CCCCCCCCC(=O)OC(COC(=O)CCCCCCCCCCCCCCCCCC/C=C\C/C=C\C/C=C\CCCCCCC)COP(=O)([O-])OCC[N+](C)(C)C. The summed E-state index contributed by atoms with van der Waals surface area (Å²) in [6.07, 6.45) is 106. The summed E-state index contributed by atoms with van der Waals surface area (Å²) < 4.78 is 34.3. The maximum atomic E-state index is 12.9. The fraction of sp³-hybridized carbons (Fsp3) is 0.659. The van der Waals surface area contributed by atoms with Crippen LogP contribution in [0.3, 0.4) is 0 Å². The van der Waals surface area contributed by atoms with Crippen molar-refractivity contribution in [3.05, 3.63) is 158 Å². The van der Waals surface area contributed by atoms with Crippen LogP contribution in [0.4, 0.5) is 0 Å². The van der Waals surface area contributed by atoms with Crippen LogP contribution in [-0.4, -0.2) is 70.0 Å². The zero-order valence-corrected chi connectivity index (χ0v) is 60.6. The summed E-state index contributed by atoms with van der Waals surface area (Å²) in [5.74, 6) is -0.853. The summed E-state index contributed by atoms with van der Waals surface area (Å²) in [6.45, 7) is 4.10. The number of carbonyl (C=O) groups is 2. The van der Waals surface area contributed by atoms with Gasteiger partial charge in [0, 0.05) is 12.8 Å². The minimum atomic E-state index is -4.66. The quantitative estimate of drug-likeness (QED) is 0.0195. The monoisotopic (exact) mass is 1300 g/mol. The number of allylic oxidation sites excluding steroid dienone is 26. The normalized spacial score (nSPS) is 14.0. The fourth-order valence-corrected chi connectivity index (χ4v) is 10.6. The van der Waals surface area contributed by atoms with Crippen LogP contribution in [0.2, 0.25) is 0 Å². The van der Waals surface area contributed by atoms with E-state index in [0.717, 1.165) is 135 Å². The van der Waals surface area contributed by atoms with Crippen molar-refractivity contribution >= 4 is 19.8 Å². The third-order valence-corrected chi connectivity index (χ3v) is 16.5. The van der Waals surface area contributed by atoms with E-state index in [2.05, 4.69) is 172 Å². The zero-order chi connectivity index (χ0) is 66.9. The average molecular weight is 1300 g/mol. The molecule has 92 heavy (non-hydrogen) atoms. The molecule has 0 heterocycles. The molecule has 10 heteroatoms. The molecule has 0 bridgehead atoms. The van der Waals surface area contributed by atoms with Crippen LogP contribution in [0.15, 0.2) is 158 Å². The Morgan fingerprint density at radius 3 is 0.924 bits per heavy atom. The first-order valence-corrected chi connectivity index (χ1v) is 38.7. The van der Waals surface area contributed by atoms with Gasteiger partial charge in [-0.05, 0) is 128 Å². The van der Waals surface area contributed by atoms with Gasteiger partial charge < -0.3 is 27.9 Å². The minimum Gasteiger partial charge on any atom is -0.756 e. The predicted molar refractivity (Wildman–Crippen MR) is 397 cm³/mol. The predicted octanol–water partition coefficient (Wildman–Crippen LogP) is 24.1. The van der Waals surface area contributed by atoms with Crippen LogP contribution in [-0.2, 0) is 32.7 Å². The summed E-state index contributed by atoms with van der Waals surface area (Å²) in [7, 11) is 1.14. The van der Waals surface area contributed by atoms with Crippen LogP contribution in [0.1, 0.15) is 296 Å². The fourth-order valence-electron chi connectivity index (χ4n) is 9.87. The first kappa shape index (κ1) is 87.6. The number of esters is 2. The molecule has 0 aliphatic carbocycles. The van der Waals surface area contributed by atoms with Gasteiger partial charge in [0.25, 0.3) is 7.82 Å². The Morgan fingerprint density at radius 1 is 0.348 bits per heavy atom. The first-order chi connectivity index (χ1) is 45.0. The number of likely N-dealkylation sites (N-methyl/N-ethyl adjacent to an activating group) is 1. The molecule has 2 atom stereocenters. The lowest BCUT2D eigenvalue weighted by Crippen LogP contribution is -2.37. The molecule has 0 aliphatic heterocycles. The van der Waals surface area contributed by atoms with Crippen molar-refractivity contribution in [2.75, 3.05) is 47.5 Å². The van der Waals surface area contributed by atoms with E-state index in [-0.39, 0.29) is 32.0 Å². The van der Waals surface area contributed by atoms with Crippen molar-refractivity contribution in [3.8, 4) is 0 Å². The lowest BCUT2D eigenvalue weighted by Gasteiger charge is -2.28. The van der Waals surface area contributed by atoms with E-state index in [9.17, 15) is 19.0 Å². The topological polar surface area (TPSA) is 111 Å². The van der Waals surface area contributed by atoms with Gasteiger partial charge in [-0.15, -0.1) is 0 Å². The summed E-state index contributed by atoms with van der Waals surface area (Å²) in [4.78, 5) is 38.1. The molecule has 0 aromatic rings. The number of hydrogen-bond donors (Lipinski definition) is 0. The van der Waals surface area contributed by atoms with Gasteiger partial charge in [0.2, 0.25) is 0 Å². The number of quaternary nitrogens is 1. The molecule has 0 radical (unpaired) electrons. The molecule has 0 aliphatic rings. The first-order valence-electron chi connectivity index (χ1n) is 37.2. The van der Waals surface area contributed by atoms with E-state index in [1.165, 1.54) is 128 Å². The van der Waals surface area contributed by atoms with Gasteiger partial charge in [0.1, 0.15) is 19.8 Å². The van der Waals surface area contributed by atoms with Gasteiger partial charge in [0.15, 0.2) is 6.10 Å². The van der Waals surface area contributed by atoms with E-state index in [0.29, 0.717) is 17.4 Å². The Balaban J connectivity index is 4.12. The summed E-state index contributed by atoms with van der Waals surface area (Å²) in [5.41, 5.74) is 0. The van der Waals surface area contributed by atoms with Crippen molar-refractivity contribution in [1.29, 1.82) is 0 Å².